The molecule has 1 N–H and O–H groups in total. The van der Waals surface area contributed by atoms with Gasteiger partial charge in [-0.15, -0.1) is 0 Å². The first-order chi connectivity index (χ1) is 16.0. The molecule has 0 saturated carbocycles. The van der Waals surface area contributed by atoms with Crippen LogP contribution in [0, 0.1) is 35.6 Å². The van der Waals surface area contributed by atoms with Gasteiger partial charge in [0.05, 0.1) is 34.0 Å². The van der Waals surface area contributed by atoms with E-state index in [1.165, 1.54) is 0 Å². The van der Waals surface area contributed by atoms with E-state index < -0.39 is 37.6 Å². The Morgan fingerprint density at radius 3 is 1.74 bits per heavy atom. The maximum absolute atomic E-state index is 12.4. The molecule has 0 heterocycles. The van der Waals surface area contributed by atoms with E-state index in [-0.39, 0.29) is 4.65 Å². The number of nitrogens with zero attached hydrogens (tertiary/aromatic N) is 4. The Labute approximate surface area is 193 Å². The van der Waals surface area contributed by atoms with Crippen LogP contribution in [0.4, 0.5) is 22.7 Å². The zero-order valence-electron chi connectivity index (χ0n) is 17.9. The molecule has 1 unspecified atom stereocenters. The van der Waals surface area contributed by atoms with Crippen molar-refractivity contribution in [3.05, 3.63) is 120 Å². The van der Waals surface area contributed by atoms with Crippen molar-refractivity contribution in [2.75, 3.05) is 13.6 Å². The summed E-state index contributed by atoms with van der Waals surface area (Å²) in [6.45, 7) is 0.429. The first-order valence-electron chi connectivity index (χ1n) is 9.67. The highest BCUT2D eigenvalue weighted by Crippen LogP contribution is 2.38. The number of rotatable bonds is 7. The lowest BCUT2D eigenvalue weighted by Crippen LogP contribution is -2.38. The Balaban J connectivity index is 0.000000242. The standard InChI is InChI=1S/C16H17NO.C6H3N3O7/c1-17(18,16-12-6-3-7-13-16)14-8-11-15-9-4-2-5-10-15;10-6-4(8(13)14)1-3(7(11)12)2-5(6)9(15)16/h2-13H,14H2,1H3;1-2,10H/b11-8+;. The number of para-hydroxylation sites is 1. The minimum atomic E-state index is -1.21. The van der Waals surface area contributed by atoms with Gasteiger partial charge in [-0.1, -0.05) is 54.6 Å². The number of hydroxylamine groups is 2. The van der Waals surface area contributed by atoms with Crippen LogP contribution < -0.4 is 4.65 Å². The lowest BCUT2D eigenvalue weighted by atomic mass is 10.2. The maximum Gasteiger partial charge on any atom is 0.324 e. The Hall–Kier alpha value is -4.68. The number of likely N-dealkylation sites (N-methyl/N-ethyl adjacent to an activating group) is 1. The van der Waals surface area contributed by atoms with Gasteiger partial charge < -0.3 is 15.0 Å². The van der Waals surface area contributed by atoms with E-state index in [4.69, 9.17) is 5.11 Å². The van der Waals surface area contributed by atoms with Gasteiger partial charge in [-0.3, -0.25) is 30.3 Å². The first kappa shape index (κ1) is 25.6. The van der Waals surface area contributed by atoms with Crippen molar-refractivity contribution in [3.63, 3.8) is 0 Å². The third kappa shape index (κ3) is 6.91. The number of nitro groups is 3. The van der Waals surface area contributed by atoms with E-state index in [1.807, 2.05) is 72.8 Å². The molecule has 0 aliphatic rings. The minimum absolute atomic E-state index is 0.385. The fraction of sp³-hybridized carbons (Fsp3) is 0.0909. The molecule has 12 heteroatoms. The summed E-state index contributed by atoms with van der Waals surface area (Å²) in [5.74, 6) is -1.21. The van der Waals surface area contributed by atoms with E-state index in [0.717, 1.165) is 11.3 Å². The largest absolute Gasteiger partial charge is 0.627 e. The summed E-state index contributed by atoms with van der Waals surface area (Å²) in [4.78, 5) is 27.8. The van der Waals surface area contributed by atoms with Crippen LogP contribution in [0.15, 0.2) is 78.9 Å². The Morgan fingerprint density at radius 2 is 1.29 bits per heavy atom. The van der Waals surface area contributed by atoms with Crippen LogP contribution in [0.25, 0.3) is 6.08 Å². The van der Waals surface area contributed by atoms with Crippen LogP contribution in [-0.4, -0.2) is 33.5 Å². The Bertz CT molecular complexity index is 1160. The zero-order chi connectivity index (χ0) is 25.3. The molecule has 1 atom stereocenters. The smallest absolute Gasteiger partial charge is 0.324 e. The molecule has 0 radical (unpaired) electrons. The number of aromatic hydroxyl groups is 1. The average molecular weight is 468 g/mol. The monoisotopic (exact) mass is 468 g/mol. The van der Waals surface area contributed by atoms with Gasteiger partial charge in [-0.05, 0) is 23.8 Å². The van der Waals surface area contributed by atoms with Crippen molar-refractivity contribution in [1.29, 1.82) is 0 Å². The number of hydrogen-bond donors (Lipinski definition) is 1. The van der Waals surface area contributed by atoms with Gasteiger partial charge in [0.2, 0.25) is 0 Å². The maximum atomic E-state index is 12.4. The van der Waals surface area contributed by atoms with Crippen molar-refractivity contribution in [3.8, 4) is 5.75 Å². The summed E-state index contributed by atoms with van der Waals surface area (Å²) in [6, 6.07) is 20.3. The average Bonchev–Trinajstić information content (AvgIpc) is 2.80. The third-order valence-electron chi connectivity index (χ3n) is 4.52. The summed E-state index contributed by atoms with van der Waals surface area (Å²) in [5, 5.41) is 52.6. The molecule has 3 rings (SSSR count). The molecule has 0 fully saturated rings. The van der Waals surface area contributed by atoms with Crippen LogP contribution in [-0.2, 0) is 0 Å². The molecule has 12 nitrogen and oxygen atoms in total. The molecule has 3 aromatic carbocycles. The first-order valence-corrected chi connectivity index (χ1v) is 9.67. The van der Waals surface area contributed by atoms with Crippen LogP contribution in [0.5, 0.6) is 5.75 Å². The second-order valence-corrected chi connectivity index (χ2v) is 7.04. The van der Waals surface area contributed by atoms with Gasteiger partial charge >= 0.3 is 11.4 Å². The number of non-ortho nitro benzene ring substituents is 1. The van der Waals surface area contributed by atoms with Gasteiger partial charge in [-0.2, -0.15) is 0 Å². The number of phenolic OH excluding ortho intramolecular Hbond substituents is 1. The van der Waals surface area contributed by atoms with Crippen molar-refractivity contribution in [2.45, 2.75) is 0 Å². The topological polar surface area (TPSA) is 173 Å². The van der Waals surface area contributed by atoms with E-state index >= 15 is 0 Å². The van der Waals surface area contributed by atoms with E-state index in [2.05, 4.69) is 0 Å². The highest BCUT2D eigenvalue weighted by Gasteiger charge is 2.30. The molecule has 0 aliphatic heterocycles. The highest BCUT2D eigenvalue weighted by atomic mass is 16.6. The van der Waals surface area contributed by atoms with Gasteiger partial charge in [0, 0.05) is 0 Å². The zero-order valence-corrected chi connectivity index (χ0v) is 17.9. The Morgan fingerprint density at radius 1 is 0.824 bits per heavy atom. The summed E-state index contributed by atoms with van der Waals surface area (Å²) < 4.78 is -0.385. The number of phenols is 1. The minimum Gasteiger partial charge on any atom is -0.627 e. The van der Waals surface area contributed by atoms with Gasteiger partial charge in [-0.25, -0.2) is 0 Å². The summed E-state index contributed by atoms with van der Waals surface area (Å²) >= 11 is 0. The van der Waals surface area contributed by atoms with Crippen molar-refractivity contribution in [2.24, 2.45) is 0 Å². The molecule has 34 heavy (non-hydrogen) atoms. The van der Waals surface area contributed by atoms with Gasteiger partial charge in [0.25, 0.3) is 11.4 Å². The molecule has 0 aliphatic carbocycles. The second-order valence-electron chi connectivity index (χ2n) is 7.04. The van der Waals surface area contributed by atoms with Crippen molar-refractivity contribution in [1.82, 2.24) is 4.65 Å². The lowest BCUT2D eigenvalue weighted by Gasteiger charge is -2.36. The van der Waals surface area contributed by atoms with Crippen LogP contribution in [0.2, 0.25) is 0 Å². The van der Waals surface area contributed by atoms with E-state index in [1.54, 1.807) is 7.05 Å². The molecular weight excluding hydrogens is 448 g/mol. The van der Waals surface area contributed by atoms with E-state index in [0.29, 0.717) is 18.7 Å². The predicted molar refractivity (Wildman–Crippen MR) is 126 cm³/mol. The fourth-order valence-electron chi connectivity index (χ4n) is 2.78. The highest BCUT2D eigenvalue weighted by molar-refractivity contribution is 5.64. The quantitative estimate of drug-likeness (QED) is 0.288. The Kier molecular flexibility index (Phi) is 8.47. The number of quaternary nitrogens is 1. The molecular formula is C22H20N4O8. The molecule has 0 aromatic heterocycles. The summed E-state index contributed by atoms with van der Waals surface area (Å²) in [5.41, 5.74) is -1.11. The number of benzene rings is 3. The molecule has 0 amide bonds. The van der Waals surface area contributed by atoms with Crippen molar-refractivity contribution >= 4 is 28.8 Å². The summed E-state index contributed by atoms with van der Waals surface area (Å²) in [6.07, 6.45) is 3.91. The van der Waals surface area contributed by atoms with E-state index in [9.17, 15) is 35.6 Å². The van der Waals surface area contributed by atoms with Crippen LogP contribution in [0.1, 0.15) is 5.56 Å². The van der Waals surface area contributed by atoms with Gasteiger partial charge in [0.1, 0.15) is 12.2 Å². The number of hydrogen-bond acceptors (Lipinski definition) is 8. The van der Waals surface area contributed by atoms with Crippen LogP contribution in [0.3, 0.4) is 0 Å². The molecule has 0 saturated heterocycles. The molecule has 0 spiro atoms. The molecule has 176 valence electrons. The lowest BCUT2D eigenvalue weighted by molar-refractivity contribution is -0.404. The SMILES string of the molecule is C[N+]([O-])(C/C=C/c1ccccc1)c1ccccc1.O=[N+]([O-])c1cc([N+](=O)[O-])c(O)c([N+](=O)[O-])c1. The number of nitro benzene ring substituents is 3. The predicted octanol–water partition coefficient (Wildman–Crippen LogP) is 4.95. The third-order valence-corrected chi connectivity index (χ3v) is 4.52. The van der Waals surface area contributed by atoms with Crippen molar-refractivity contribution < 1.29 is 19.9 Å². The fourth-order valence-corrected chi connectivity index (χ4v) is 2.78. The molecule has 3 aromatic rings. The summed E-state index contributed by atoms with van der Waals surface area (Å²) in [7, 11) is 1.67. The molecule has 0 bridgehead atoms. The van der Waals surface area contributed by atoms with Gasteiger partial charge in [0.15, 0.2) is 0 Å². The second kappa shape index (κ2) is 11.3. The van der Waals surface area contributed by atoms with Crippen LogP contribution >= 0.6 is 0 Å². The normalized spacial score (nSPS) is 12.3.